The maximum absolute atomic E-state index is 12.5. The van der Waals surface area contributed by atoms with Crippen LogP contribution < -0.4 is 24.6 Å². The minimum Gasteiger partial charge on any atom is -0.490 e. The summed E-state index contributed by atoms with van der Waals surface area (Å²) in [5.41, 5.74) is 2.58. The largest absolute Gasteiger partial charge is 0.490 e. The lowest BCUT2D eigenvalue weighted by atomic mass is 10.1. The summed E-state index contributed by atoms with van der Waals surface area (Å²) in [6, 6.07) is 13.3. The fourth-order valence-electron chi connectivity index (χ4n) is 3.84. The summed E-state index contributed by atoms with van der Waals surface area (Å²) >= 11 is 0. The van der Waals surface area contributed by atoms with E-state index in [9.17, 15) is 9.59 Å². The van der Waals surface area contributed by atoms with Crippen LogP contribution in [0.3, 0.4) is 0 Å². The molecule has 2 aromatic rings. The van der Waals surface area contributed by atoms with Crippen molar-refractivity contribution in [1.29, 1.82) is 0 Å². The van der Waals surface area contributed by atoms with Crippen molar-refractivity contribution in [3.63, 3.8) is 0 Å². The quantitative estimate of drug-likeness (QED) is 0.729. The van der Waals surface area contributed by atoms with Gasteiger partial charge in [-0.15, -0.1) is 0 Å². The molecule has 0 bridgehead atoms. The Balaban J connectivity index is 1.27. The number of ether oxygens (including phenoxy) is 2. The van der Waals surface area contributed by atoms with Crippen LogP contribution in [-0.4, -0.2) is 57.6 Å². The van der Waals surface area contributed by atoms with E-state index in [1.807, 2.05) is 42.5 Å². The molecular weight excluding hydrogens is 382 g/mol. The minimum atomic E-state index is -0.00116. The van der Waals surface area contributed by atoms with Gasteiger partial charge in [0.1, 0.15) is 0 Å². The van der Waals surface area contributed by atoms with Crippen molar-refractivity contribution < 1.29 is 24.0 Å². The van der Waals surface area contributed by atoms with E-state index in [0.29, 0.717) is 25.5 Å². The lowest BCUT2D eigenvalue weighted by molar-refractivity contribution is -0.892. The number of ketones is 1. The number of Topliss-reactive ketones (excluding diaryl/α,β-unsaturated/α-hetero) is 1. The van der Waals surface area contributed by atoms with E-state index >= 15 is 0 Å². The topological polar surface area (TPSA) is 72.3 Å². The number of hydrogen-bond acceptors (Lipinski definition) is 5. The molecule has 0 spiro atoms. The smallest absolute Gasteiger partial charge is 0.279 e. The first-order chi connectivity index (χ1) is 14.6. The van der Waals surface area contributed by atoms with Crippen molar-refractivity contribution in [3.8, 4) is 11.5 Å². The van der Waals surface area contributed by atoms with E-state index < -0.39 is 0 Å². The molecular formula is C23H28N3O4+. The first-order valence-electron chi connectivity index (χ1n) is 10.5. The van der Waals surface area contributed by atoms with Gasteiger partial charge >= 0.3 is 0 Å². The van der Waals surface area contributed by atoms with Crippen LogP contribution in [0.2, 0.25) is 0 Å². The number of rotatable bonds is 5. The fourth-order valence-corrected chi connectivity index (χ4v) is 3.84. The summed E-state index contributed by atoms with van der Waals surface area (Å²) in [5, 5.41) is 2.98. The number of carbonyl (C=O) groups is 2. The second kappa shape index (κ2) is 9.17. The summed E-state index contributed by atoms with van der Waals surface area (Å²) in [6.07, 6.45) is 0.854. The van der Waals surface area contributed by atoms with E-state index in [2.05, 4.69) is 10.2 Å². The van der Waals surface area contributed by atoms with Gasteiger partial charge in [-0.05, 0) is 43.3 Å². The van der Waals surface area contributed by atoms with Crippen LogP contribution in [0.1, 0.15) is 23.7 Å². The summed E-state index contributed by atoms with van der Waals surface area (Å²) in [7, 11) is 0. The lowest BCUT2D eigenvalue weighted by Crippen LogP contribution is -3.15. The fraction of sp³-hybridized carbons (Fsp3) is 0.391. The number of nitrogens with one attached hydrogen (secondary N) is 2. The zero-order valence-electron chi connectivity index (χ0n) is 17.3. The molecule has 0 saturated carbocycles. The van der Waals surface area contributed by atoms with Crippen molar-refractivity contribution in [2.24, 2.45) is 0 Å². The minimum absolute atomic E-state index is 0.00116. The standard InChI is InChI=1S/C23H27N3O4/c1-17(27)18-3-6-20(7-4-18)26-11-9-25(10-12-26)16-23(28)24-19-5-8-21-22(15-19)30-14-2-13-29-21/h3-8,15H,2,9-14,16H2,1H3,(H,24,28)/p+1. The van der Waals surface area contributed by atoms with Gasteiger partial charge in [0.05, 0.1) is 39.4 Å². The van der Waals surface area contributed by atoms with Crippen molar-refractivity contribution >= 4 is 23.1 Å². The van der Waals surface area contributed by atoms with E-state index in [1.165, 1.54) is 4.90 Å². The number of amides is 1. The summed E-state index contributed by atoms with van der Waals surface area (Å²) in [5.74, 6) is 1.49. The molecule has 4 rings (SSSR count). The maximum atomic E-state index is 12.5. The molecule has 0 atom stereocenters. The molecule has 1 amide bonds. The molecule has 2 N–H and O–H groups in total. The number of hydrogen-bond donors (Lipinski definition) is 2. The Morgan fingerprint density at radius 2 is 1.70 bits per heavy atom. The van der Waals surface area contributed by atoms with Crippen LogP contribution in [0.4, 0.5) is 11.4 Å². The highest BCUT2D eigenvalue weighted by Crippen LogP contribution is 2.32. The number of nitrogens with zero attached hydrogens (tertiary/aromatic N) is 1. The first-order valence-corrected chi connectivity index (χ1v) is 10.5. The Hall–Kier alpha value is -3.06. The van der Waals surface area contributed by atoms with Gasteiger partial charge in [0.2, 0.25) is 0 Å². The van der Waals surface area contributed by atoms with Gasteiger partial charge in [0.15, 0.2) is 23.8 Å². The van der Waals surface area contributed by atoms with E-state index in [1.54, 1.807) is 6.92 Å². The van der Waals surface area contributed by atoms with Crippen molar-refractivity contribution in [2.45, 2.75) is 13.3 Å². The monoisotopic (exact) mass is 410 g/mol. The average molecular weight is 410 g/mol. The van der Waals surface area contributed by atoms with Crippen LogP contribution in [-0.2, 0) is 4.79 Å². The molecule has 0 radical (unpaired) electrons. The third-order valence-electron chi connectivity index (χ3n) is 5.55. The molecule has 7 nitrogen and oxygen atoms in total. The number of benzene rings is 2. The normalized spacial score (nSPS) is 16.6. The molecule has 2 heterocycles. The number of fused-ring (bicyclic) bond motifs is 1. The van der Waals surface area contributed by atoms with Crippen molar-refractivity contribution in [2.75, 3.05) is 56.2 Å². The molecule has 158 valence electrons. The predicted octanol–water partition coefficient (Wildman–Crippen LogP) is 1.39. The number of piperazine rings is 1. The van der Waals surface area contributed by atoms with Gasteiger partial charge in [-0.1, -0.05) is 0 Å². The van der Waals surface area contributed by atoms with E-state index in [4.69, 9.17) is 9.47 Å². The van der Waals surface area contributed by atoms with Crippen LogP contribution in [0, 0.1) is 0 Å². The highest BCUT2D eigenvalue weighted by atomic mass is 16.5. The Bertz CT molecular complexity index is 905. The Kier molecular flexibility index (Phi) is 6.18. The molecule has 0 unspecified atom stereocenters. The van der Waals surface area contributed by atoms with Gasteiger partial charge in [-0.25, -0.2) is 0 Å². The first kappa shape index (κ1) is 20.2. The highest BCUT2D eigenvalue weighted by molar-refractivity contribution is 5.94. The molecule has 2 aliphatic heterocycles. The van der Waals surface area contributed by atoms with Gasteiger partial charge in [-0.2, -0.15) is 0 Å². The van der Waals surface area contributed by atoms with Crippen LogP contribution in [0.25, 0.3) is 0 Å². The van der Waals surface area contributed by atoms with Crippen LogP contribution >= 0.6 is 0 Å². The van der Waals surface area contributed by atoms with E-state index in [-0.39, 0.29) is 11.7 Å². The van der Waals surface area contributed by atoms with Gasteiger partial charge < -0.3 is 24.6 Å². The lowest BCUT2D eigenvalue weighted by Gasteiger charge is -2.33. The molecule has 2 aliphatic rings. The molecule has 0 aliphatic carbocycles. The molecule has 1 fully saturated rings. The molecule has 2 aromatic carbocycles. The average Bonchev–Trinajstić information content (AvgIpc) is 2.99. The predicted molar refractivity (Wildman–Crippen MR) is 115 cm³/mol. The number of anilines is 2. The molecule has 7 heteroatoms. The molecule has 0 aromatic heterocycles. The second-order valence-electron chi connectivity index (χ2n) is 7.78. The van der Waals surface area contributed by atoms with Gasteiger partial charge in [-0.3, -0.25) is 9.59 Å². The summed E-state index contributed by atoms with van der Waals surface area (Å²) in [4.78, 5) is 27.5. The SMILES string of the molecule is CC(=O)c1ccc(N2CC[NH+](CC(=O)Nc3ccc4c(c3)OCCCO4)CC2)cc1. The number of quaternary nitrogens is 1. The summed E-state index contributed by atoms with van der Waals surface area (Å²) in [6.45, 7) is 6.83. The Morgan fingerprint density at radius 3 is 2.40 bits per heavy atom. The second-order valence-corrected chi connectivity index (χ2v) is 7.78. The zero-order chi connectivity index (χ0) is 20.9. The Labute approximate surface area is 176 Å². The van der Waals surface area contributed by atoms with Crippen molar-refractivity contribution in [1.82, 2.24) is 0 Å². The van der Waals surface area contributed by atoms with Gasteiger partial charge in [0.25, 0.3) is 5.91 Å². The third-order valence-corrected chi connectivity index (χ3v) is 5.55. The third kappa shape index (κ3) is 4.91. The van der Waals surface area contributed by atoms with Crippen molar-refractivity contribution in [3.05, 3.63) is 48.0 Å². The molecule has 30 heavy (non-hydrogen) atoms. The number of carbonyl (C=O) groups excluding carboxylic acids is 2. The highest BCUT2D eigenvalue weighted by Gasteiger charge is 2.23. The summed E-state index contributed by atoms with van der Waals surface area (Å²) < 4.78 is 11.3. The Morgan fingerprint density at radius 1 is 1.00 bits per heavy atom. The van der Waals surface area contributed by atoms with Crippen LogP contribution in [0.5, 0.6) is 11.5 Å². The van der Waals surface area contributed by atoms with Gasteiger partial charge in [0, 0.05) is 29.4 Å². The van der Waals surface area contributed by atoms with E-state index in [0.717, 1.165) is 55.3 Å². The molecule has 1 saturated heterocycles. The zero-order valence-corrected chi connectivity index (χ0v) is 17.3. The van der Waals surface area contributed by atoms with Crippen LogP contribution in [0.15, 0.2) is 42.5 Å². The maximum Gasteiger partial charge on any atom is 0.279 e.